The second-order valence-electron chi connectivity index (χ2n) is 5.51. The van der Waals surface area contributed by atoms with Crippen LogP contribution in [-0.4, -0.2) is 22.4 Å². The molecule has 1 aromatic heterocycles. The molecular weight excluding hydrogens is 337 g/mol. The van der Waals surface area contributed by atoms with Gasteiger partial charge in [0.25, 0.3) is 11.8 Å². The van der Waals surface area contributed by atoms with Crippen molar-refractivity contribution in [1.82, 2.24) is 9.88 Å². The molecule has 1 saturated carbocycles. The van der Waals surface area contributed by atoms with E-state index < -0.39 is 0 Å². The van der Waals surface area contributed by atoms with Crippen LogP contribution >= 0.6 is 23.2 Å². The molecular formula is C16H15Cl2N3O2. The molecule has 1 aliphatic carbocycles. The van der Waals surface area contributed by atoms with Gasteiger partial charge < -0.3 is 15.2 Å². The molecule has 1 aromatic carbocycles. The number of aromatic nitrogens is 1. The van der Waals surface area contributed by atoms with E-state index in [4.69, 9.17) is 23.2 Å². The van der Waals surface area contributed by atoms with Crippen molar-refractivity contribution in [3.8, 4) is 0 Å². The van der Waals surface area contributed by atoms with Crippen molar-refractivity contribution >= 4 is 40.7 Å². The lowest BCUT2D eigenvalue weighted by molar-refractivity contribution is 0.0950. The van der Waals surface area contributed by atoms with Gasteiger partial charge in [-0.3, -0.25) is 9.59 Å². The fraction of sp³-hybridized carbons (Fsp3) is 0.250. The summed E-state index contributed by atoms with van der Waals surface area (Å²) in [6.07, 6.45) is 2.09. The van der Waals surface area contributed by atoms with Gasteiger partial charge in [-0.1, -0.05) is 23.2 Å². The third kappa shape index (κ3) is 3.51. The van der Waals surface area contributed by atoms with Gasteiger partial charge in [-0.25, -0.2) is 0 Å². The third-order valence-corrected chi connectivity index (χ3v) is 4.51. The van der Waals surface area contributed by atoms with Gasteiger partial charge in [0.05, 0.1) is 5.02 Å². The molecule has 2 aromatic rings. The molecule has 0 aliphatic heterocycles. The number of nitrogens with one attached hydrogen (secondary N) is 2. The average Bonchev–Trinajstić information content (AvgIpc) is 3.31. The Balaban J connectivity index is 1.68. The van der Waals surface area contributed by atoms with Crippen LogP contribution < -0.4 is 10.6 Å². The first kappa shape index (κ1) is 15.9. The van der Waals surface area contributed by atoms with E-state index in [0.29, 0.717) is 33.2 Å². The van der Waals surface area contributed by atoms with Gasteiger partial charge in [-0.15, -0.1) is 0 Å². The summed E-state index contributed by atoms with van der Waals surface area (Å²) in [6, 6.07) is 8.55. The Labute approximate surface area is 143 Å². The minimum absolute atomic E-state index is 0.0913. The second-order valence-corrected chi connectivity index (χ2v) is 6.27. The Morgan fingerprint density at radius 1 is 1.13 bits per heavy atom. The average molecular weight is 352 g/mol. The van der Waals surface area contributed by atoms with Crippen molar-refractivity contribution in [2.75, 3.05) is 5.32 Å². The predicted octanol–water partition coefficient (Wildman–Crippen LogP) is 3.48. The highest BCUT2D eigenvalue weighted by molar-refractivity contribution is 6.42. The van der Waals surface area contributed by atoms with E-state index in [1.165, 1.54) is 10.6 Å². The number of nitrogens with zero attached hydrogens (tertiary/aromatic N) is 1. The van der Waals surface area contributed by atoms with Crippen molar-refractivity contribution in [2.24, 2.45) is 7.05 Å². The largest absolute Gasteiger partial charge is 0.349 e. The Hall–Kier alpha value is -1.98. The van der Waals surface area contributed by atoms with Crippen LogP contribution in [0.4, 0.5) is 5.69 Å². The van der Waals surface area contributed by atoms with E-state index in [-0.39, 0.29) is 11.8 Å². The summed E-state index contributed by atoms with van der Waals surface area (Å²) < 4.78 is 1.51. The number of anilines is 1. The Bertz CT molecular complexity index is 764. The van der Waals surface area contributed by atoms with Crippen LogP contribution in [0.2, 0.25) is 10.2 Å². The fourth-order valence-electron chi connectivity index (χ4n) is 2.16. The SMILES string of the molecule is Cn1c(C(=O)Nc2ccc(C(=O)NC3CC3)cc2)cc(Cl)c1Cl. The Morgan fingerprint density at radius 2 is 1.78 bits per heavy atom. The van der Waals surface area contributed by atoms with E-state index >= 15 is 0 Å². The predicted molar refractivity (Wildman–Crippen MR) is 90.3 cm³/mol. The Kier molecular flexibility index (Phi) is 4.33. The molecule has 1 aliphatic rings. The number of hydrogen-bond donors (Lipinski definition) is 2. The van der Waals surface area contributed by atoms with Crippen molar-refractivity contribution in [1.29, 1.82) is 0 Å². The van der Waals surface area contributed by atoms with E-state index in [9.17, 15) is 9.59 Å². The van der Waals surface area contributed by atoms with Gasteiger partial charge in [0.15, 0.2) is 0 Å². The molecule has 120 valence electrons. The van der Waals surface area contributed by atoms with E-state index in [1.54, 1.807) is 31.3 Å². The molecule has 1 fully saturated rings. The lowest BCUT2D eigenvalue weighted by atomic mass is 10.2. The molecule has 0 spiro atoms. The first-order chi connectivity index (χ1) is 11.0. The zero-order chi connectivity index (χ0) is 16.6. The van der Waals surface area contributed by atoms with Crippen molar-refractivity contribution in [3.05, 3.63) is 51.8 Å². The van der Waals surface area contributed by atoms with E-state index in [0.717, 1.165) is 12.8 Å². The van der Waals surface area contributed by atoms with Crippen LogP contribution in [0.15, 0.2) is 30.3 Å². The van der Waals surface area contributed by atoms with E-state index in [2.05, 4.69) is 10.6 Å². The third-order valence-electron chi connectivity index (χ3n) is 3.67. The highest BCUT2D eigenvalue weighted by Crippen LogP contribution is 2.25. The molecule has 2 amide bonds. The second kappa shape index (κ2) is 6.26. The van der Waals surface area contributed by atoms with Gasteiger partial charge in [0.1, 0.15) is 10.8 Å². The van der Waals surface area contributed by atoms with Crippen LogP contribution in [0.3, 0.4) is 0 Å². The first-order valence-corrected chi connectivity index (χ1v) is 7.94. The summed E-state index contributed by atoms with van der Waals surface area (Å²) in [5.41, 5.74) is 1.52. The van der Waals surface area contributed by atoms with Crippen LogP contribution in [0.25, 0.3) is 0 Å². The highest BCUT2D eigenvalue weighted by atomic mass is 35.5. The fourth-order valence-corrected chi connectivity index (χ4v) is 2.53. The highest BCUT2D eigenvalue weighted by Gasteiger charge is 2.23. The van der Waals surface area contributed by atoms with Gasteiger partial charge >= 0.3 is 0 Å². The quantitative estimate of drug-likeness (QED) is 0.885. The topological polar surface area (TPSA) is 63.1 Å². The number of carbonyl (C=O) groups excluding carboxylic acids is 2. The summed E-state index contributed by atoms with van der Waals surface area (Å²) in [7, 11) is 1.66. The molecule has 7 heteroatoms. The zero-order valence-corrected chi connectivity index (χ0v) is 13.9. The normalized spacial score (nSPS) is 13.7. The minimum atomic E-state index is -0.323. The number of carbonyl (C=O) groups is 2. The van der Waals surface area contributed by atoms with Crippen LogP contribution in [0.1, 0.15) is 33.7 Å². The lowest BCUT2D eigenvalue weighted by Crippen LogP contribution is -2.25. The van der Waals surface area contributed by atoms with Crippen molar-refractivity contribution < 1.29 is 9.59 Å². The van der Waals surface area contributed by atoms with Crippen LogP contribution in [-0.2, 0) is 7.05 Å². The first-order valence-electron chi connectivity index (χ1n) is 7.18. The smallest absolute Gasteiger partial charge is 0.272 e. The number of benzene rings is 1. The Morgan fingerprint density at radius 3 is 2.30 bits per heavy atom. The molecule has 0 saturated heterocycles. The van der Waals surface area contributed by atoms with Crippen molar-refractivity contribution in [3.63, 3.8) is 0 Å². The van der Waals surface area contributed by atoms with Gasteiger partial charge in [-0.2, -0.15) is 0 Å². The minimum Gasteiger partial charge on any atom is -0.349 e. The van der Waals surface area contributed by atoms with Gasteiger partial charge in [0.2, 0.25) is 0 Å². The number of amides is 2. The summed E-state index contributed by atoms with van der Waals surface area (Å²) >= 11 is 11.9. The molecule has 1 heterocycles. The van der Waals surface area contributed by atoms with E-state index in [1.807, 2.05) is 0 Å². The molecule has 5 nitrogen and oxygen atoms in total. The molecule has 0 atom stereocenters. The molecule has 3 rings (SSSR count). The molecule has 0 unspecified atom stereocenters. The lowest BCUT2D eigenvalue weighted by Gasteiger charge is -2.08. The maximum Gasteiger partial charge on any atom is 0.272 e. The molecule has 2 N–H and O–H groups in total. The standard InChI is InChI=1S/C16H15Cl2N3O2/c1-21-13(8-12(17)14(21)18)16(23)20-10-4-2-9(3-5-10)15(22)19-11-6-7-11/h2-5,8,11H,6-7H2,1H3,(H,19,22)(H,20,23). The molecule has 0 bridgehead atoms. The monoisotopic (exact) mass is 351 g/mol. The number of halogens is 2. The number of rotatable bonds is 4. The zero-order valence-electron chi connectivity index (χ0n) is 12.4. The maximum absolute atomic E-state index is 12.2. The van der Waals surface area contributed by atoms with Gasteiger partial charge in [-0.05, 0) is 43.2 Å². The summed E-state index contributed by atoms with van der Waals surface area (Å²) in [4.78, 5) is 24.1. The maximum atomic E-state index is 12.2. The van der Waals surface area contributed by atoms with Crippen LogP contribution in [0, 0.1) is 0 Å². The van der Waals surface area contributed by atoms with Crippen molar-refractivity contribution in [2.45, 2.75) is 18.9 Å². The summed E-state index contributed by atoms with van der Waals surface area (Å²) in [5, 5.41) is 6.30. The molecule has 0 radical (unpaired) electrons. The number of hydrogen-bond acceptors (Lipinski definition) is 2. The van der Waals surface area contributed by atoms with Gasteiger partial charge in [0, 0.05) is 24.3 Å². The summed E-state index contributed by atoms with van der Waals surface area (Å²) in [5.74, 6) is -0.414. The van der Waals surface area contributed by atoms with Crippen LogP contribution in [0.5, 0.6) is 0 Å². The molecule has 23 heavy (non-hydrogen) atoms. The summed E-state index contributed by atoms with van der Waals surface area (Å²) in [6.45, 7) is 0.